The minimum absolute atomic E-state index is 0.359. The molecule has 1 aliphatic rings. The van der Waals surface area contributed by atoms with Crippen LogP contribution in [0.1, 0.15) is 56.6 Å². The highest BCUT2D eigenvalue weighted by Crippen LogP contribution is 2.30. The van der Waals surface area contributed by atoms with Crippen molar-refractivity contribution in [2.75, 3.05) is 0 Å². The fourth-order valence-electron chi connectivity index (χ4n) is 3.11. The molecule has 21 heavy (non-hydrogen) atoms. The lowest BCUT2D eigenvalue weighted by Gasteiger charge is -2.24. The van der Waals surface area contributed by atoms with Crippen LogP contribution in [0.25, 0.3) is 0 Å². The minimum Gasteiger partial charge on any atom is -0.310 e. The lowest BCUT2D eigenvalue weighted by atomic mass is 9.93. The van der Waals surface area contributed by atoms with Crippen molar-refractivity contribution in [3.05, 3.63) is 35.4 Å². The van der Waals surface area contributed by atoms with E-state index in [1.54, 1.807) is 6.07 Å². The summed E-state index contributed by atoms with van der Waals surface area (Å²) in [5.41, 5.74) is 0.134. The third-order valence-electron chi connectivity index (χ3n) is 4.49. The van der Waals surface area contributed by atoms with Gasteiger partial charge >= 0.3 is 6.18 Å². The van der Waals surface area contributed by atoms with Crippen LogP contribution in [0.4, 0.5) is 13.2 Å². The molecule has 1 aliphatic carbocycles. The first-order valence-corrected chi connectivity index (χ1v) is 7.86. The minimum atomic E-state index is -4.26. The molecule has 1 fully saturated rings. The van der Waals surface area contributed by atoms with Gasteiger partial charge in [-0.05, 0) is 37.3 Å². The highest BCUT2D eigenvalue weighted by atomic mass is 19.4. The first kappa shape index (κ1) is 16.3. The molecule has 0 radical (unpaired) electrons. The van der Waals surface area contributed by atoms with Crippen LogP contribution in [0.5, 0.6) is 0 Å². The van der Waals surface area contributed by atoms with Crippen LogP contribution in [-0.2, 0) is 12.7 Å². The van der Waals surface area contributed by atoms with E-state index in [4.69, 9.17) is 0 Å². The summed E-state index contributed by atoms with van der Waals surface area (Å²) in [6.07, 6.45) is 3.39. The quantitative estimate of drug-likeness (QED) is 0.758. The maximum Gasteiger partial charge on any atom is 0.416 e. The monoisotopic (exact) mass is 299 g/mol. The average Bonchev–Trinajstić information content (AvgIpc) is 2.73. The maximum atomic E-state index is 12.7. The average molecular weight is 299 g/mol. The van der Waals surface area contributed by atoms with Crippen LogP contribution < -0.4 is 5.32 Å². The van der Waals surface area contributed by atoms with Gasteiger partial charge in [0.05, 0.1) is 5.56 Å². The second-order valence-electron chi connectivity index (χ2n) is 6.12. The SMILES string of the molecule is C[C@H](NCc1cccc(C(F)(F)F)c1)C1CCCCCC1. The van der Waals surface area contributed by atoms with Gasteiger partial charge in [-0.15, -0.1) is 0 Å². The predicted molar refractivity (Wildman–Crippen MR) is 78.9 cm³/mol. The van der Waals surface area contributed by atoms with Crippen molar-refractivity contribution in [3.63, 3.8) is 0 Å². The van der Waals surface area contributed by atoms with Crippen LogP contribution >= 0.6 is 0 Å². The van der Waals surface area contributed by atoms with E-state index in [1.165, 1.54) is 50.7 Å². The summed E-state index contributed by atoms with van der Waals surface area (Å²) in [7, 11) is 0. The van der Waals surface area contributed by atoms with Crippen LogP contribution in [0.15, 0.2) is 24.3 Å². The second kappa shape index (κ2) is 7.30. The van der Waals surface area contributed by atoms with Gasteiger partial charge in [0.2, 0.25) is 0 Å². The Morgan fingerprint density at radius 2 is 1.81 bits per heavy atom. The van der Waals surface area contributed by atoms with E-state index in [-0.39, 0.29) is 0 Å². The number of hydrogen-bond acceptors (Lipinski definition) is 1. The van der Waals surface area contributed by atoms with Gasteiger partial charge < -0.3 is 5.32 Å². The third-order valence-corrected chi connectivity index (χ3v) is 4.49. The van der Waals surface area contributed by atoms with E-state index in [0.29, 0.717) is 24.1 Å². The maximum absolute atomic E-state index is 12.7. The Kier molecular flexibility index (Phi) is 5.68. The van der Waals surface area contributed by atoms with Crippen molar-refractivity contribution in [2.45, 2.75) is 64.2 Å². The van der Waals surface area contributed by atoms with E-state index < -0.39 is 11.7 Å². The van der Waals surface area contributed by atoms with E-state index in [2.05, 4.69) is 12.2 Å². The molecule has 0 amide bonds. The molecule has 0 unspecified atom stereocenters. The normalized spacial score (nSPS) is 19.2. The predicted octanol–water partition coefficient (Wildman–Crippen LogP) is 5.15. The number of hydrogen-bond donors (Lipinski definition) is 1. The fraction of sp³-hybridized carbons (Fsp3) is 0.647. The summed E-state index contributed by atoms with van der Waals surface area (Å²) in [5.74, 6) is 0.651. The molecule has 1 N–H and O–H groups in total. The largest absolute Gasteiger partial charge is 0.416 e. The van der Waals surface area contributed by atoms with Crippen molar-refractivity contribution in [3.8, 4) is 0 Å². The lowest BCUT2D eigenvalue weighted by Crippen LogP contribution is -2.33. The molecule has 0 heterocycles. The zero-order chi connectivity index (χ0) is 15.3. The van der Waals surface area contributed by atoms with Crippen molar-refractivity contribution < 1.29 is 13.2 Å². The molecule has 1 atom stereocenters. The Bertz CT molecular complexity index is 434. The number of halogens is 3. The van der Waals surface area contributed by atoms with Crippen molar-refractivity contribution >= 4 is 0 Å². The van der Waals surface area contributed by atoms with Crippen molar-refractivity contribution in [1.29, 1.82) is 0 Å². The van der Waals surface area contributed by atoms with Gasteiger partial charge in [-0.25, -0.2) is 0 Å². The molecule has 0 aromatic heterocycles. The topological polar surface area (TPSA) is 12.0 Å². The molecule has 0 saturated heterocycles. The third kappa shape index (κ3) is 5.03. The van der Waals surface area contributed by atoms with Gasteiger partial charge in [0.15, 0.2) is 0 Å². The van der Waals surface area contributed by atoms with E-state index in [9.17, 15) is 13.2 Å². The summed E-state index contributed by atoms with van der Waals surface area (Å²) in [6, 6.07) is 5.96. The van der Waals surface area contributed by atoms with Gasteiger partial charge in [-0.2, -0.15) is 13.2 Å². The fourth-order valence-corrected chi connectivity index (χ4v) is 3.11. The number of benzene rings is 1. The summed E-state index contributed by atoms with van der Waals surface area (Å²) in [6.45, 7) is 2.66. The molecular formula is C17H24F3N. The summed E-state index contributed by atoms with van der Waals surface area (Å²) in [4.78, 5) is 0. The number of nitrogens with one attached hydrogen (secondary N) is 1. The first-order chi connectivity index (χ1) is 9.97. The van der Waals surface area contributed by atoms with Gasteiger partial charge in [0, 0.05) is 12.6 Å². The Morgan fingerprint density at radius 3 is 2.43 bits per heavy atom. The van der Waals surface area contributed by atoms with Gasteiger partial charge in [-0.3, -0.25) is 0 Å². The molecule has 4 heteroatoms. The van der Waals surface area contributed by atoms with Gasteiger partial charge in [-0.1, -0.05) is 43.9 Å². The zero-order valence-electron chi connectivity index (χ0n) is 12.5. The molecule has 0 aliphatic heterocycles. The Balaban J connectivity index is 1.90. The second-order valence-corrected chi connectivity index (χ2v) is 6.12. The molecule has 1 aromatic carbocycles. The molecule has 2 rings (SSSR count). The van der Waals surface area contributed by atoms with Crippen LogP contribution in [0.3, 0.4) is 0 Å². The van der Waals surface area contributed by atoms with Crippen LogP contribution in [0, 0.1) is 5.92 Å². The van der Waals surface area contributed by atoms with E-state index in [1.807, 2.05) is 0 Å². The van der Waals surface area contributed by atoms with E-state index in [0.717, 1.165) is 6.07 Å². The Hall–Kier alpha value is -1.03. The number of alkyl halides is 3. The Morgan fingerprint density at radius 1 is 1.14 bits per heavy atom. The molecule has 118 valence electrons. The molecule has 0 spiro atoms. The van der Waals surface area contributed by atoms with Gasteiger partial charge in [0.1, 0.15) is 0 Å². The summed E-state index contributed by atoms with van der Waals surface area (Å²) >= 11 is 0. The Labute approximate surface area is 124 Å². The molecule has 0 bridgehead atoms. The van der Waals surface area contributed by atoms with Crippen molar-refractivity contribution in [2.24, 2.45) is 5.92 Å². The molecule has 1 nitrogen and oxygen atoms in total. The number of rotatable bonds is 4. The zero-order valence-corrected chi connectivity index (χ0v) is 12.5. The molecule has 1 saturated carbocycles. The van der Waals surface area contributed by atoms with E-state index >= 15 is 0 Å². The lowest BCUT2D eigenvalue weighted by molar-refractivity contribution is -0.137. The smallest absolute Gasteiger partial charge is 0.310 e. The standard InChI is InChI=1S/C17H24F3N/c1-13(15-8-4-2-3-5-9-15)21-12-14-7-6-10-16(11-14)17(18,19)20/h6-7,10-11,13,15,21H,2-5,8-9,12H2,1H3/t13-/m0/s1. The van der Waals surface area contributed by atoms with Crippen molar-refractivity contribution in [1.82, 2.24) is 5.32 Å². The first-order valence-electron chi connectivity index (χ1n) is 7.86. The van der Waals surface area contributed by atoms with Crippen LogP contribution in [0.2, 0.25) is 0 Å². The summed E-state index contributed by atoms with van der Waals surface area (Å²) in [5, 5.41) is 3.41. The molecular weight excluding hydrogens is 275 g/mol. The summed E-state index contributed by atoms with van der Waals surface area (Å²) < 4.78 is 38.0. The van der Waals surface area contributed by atoms with Gasteiger partial charge in [0.25, 0.3) is 0 Å². The van der Waals surface area contributed by atoms with Crippen LogP contribution in [-0.4, -0.2) is 6.04 Å². The highest BCUT2D eigenvalue weighted by molar-refractivity contribution is 5.25. The molecule has 1 aromatic rings. The highest BCUT2D eigenvalue weighted by Gasteiger charge is 2.30.